The first kappa shape index (κ1) is 13.2. The van der Waals surface area contributed by atoms with E-state index in [4.69, 9.17) is 20.1 Å². The van der Waals surface area contributed by atoms with E-state index in [0.717, 1.165) is 23.1 Å². The summed E-state index contributed by atoms with van der Waals surface area (Å²) in [5.41, 5.74) is 3.23. The lowest BCUT2D eigenvalue weighted by Gasteiger charge is -2.22. The number of fused-ring (bicyclic) bond motifs is 1. The van der Waals surface area contributed by atoms with Gasteiger partial charge in [-0.05, 0) is 25.5 Å². The van der Waals surface area contributed by atoms with Gasteiger partial charge >= 0.3 is 0 Å². The molecular weight excluding hydrogens is 240 g/mol. The number of benzene rings is 1. The largest absolute Gasteiger partial charge is 0.485 e. The predicted octanol–water partition coefficient (Wildman–Crippen LogP) is 3.16. The number of nitriles is 1. The summed E-state index contributed by atoms with van der Waals surface area (Å²) in [4.78, 5) is 0. The first-order valence-corrected chi connectivity index (χ1v) is 6.26. The standard InChI is InChI=1S/C15H16N2O2/c1-3-10(2)13(9-17)12-5-4-11(8-16)14-15(12)19-7-6-18-14/h4-5,9,17H,3,6-7H2,1-2H3/b13-10+,17-9?. The molecule has 4 nitrogen and oxygen atoms in total. The summed E-state index contributed by atoms with van der Waals surface area (Å²) < 4.78 is 11.2. The van der Waals surface area contributed by atoms with Crippen LogP contribution in [0.15, 0.2) is 17.7 Å². The number of nitrogens with zero attached hydrogens (tertiary/aromatic N) is 1. The summed E-state index contributed by atoms with van der Waals surface area (Å²) in [5.74, 6) is 1.08. The molecule has 0 saturated heterocycles. The second kappa shape index (κ2) is 5.57. The van der Waals surface area contributed by atoms with Crippen molar-refractivity contribution in [2.45, 2.75) is 20.3 Å². The van der Waals surface area contributed by atoms with Gasteiger partial charge in [-0.15, -0.1) is 0 Å². The lowest BCUT2D eigenvalue weighted by Crippen LogP contribution is -2.17. The highest BCUT2D eigenvalue weighted by Crippen LogP contribution is 2.40. The zero-order chi connectivity index (χ0) is 13.8. The Morgan fingerprint density at radius 3 is 2.63 bits per heavy atom. The summed E-state index contributed by atoms with van der Waals surface area (Å²) >= 11 is 0. The molecule has 0 bridgehead atoms. The normalized spacial score (nSPS) is 14.4. The maximum atomic E-state index is 9.09. The fourth-order valence-corrected chi connectivity index (χ4v) is 2.06. The molecule has 4 heteroatoms. The van der Waals surface area contributed by atoms with E-state index in [1.807, 2.05) is 19.9 Å². The van der Waals surface area contributed by atoms with Gasteiger partial charge in [0.15, 0.2) is 11.5 Å². The smallest absolute Gasteiger partial charge is 0.179 e. The van der Waals surface area contributed by atoms with Crippen molar-refractivity contribution in [3.63, 3.8) is 0 Å². The highest BCUT2D eigenvalue weighted by molar-refractivity contribution is 6.11. The Balaban J connectivity index is 2.66. The van der Waals surface area contributed by atoms with Gasteiger partial charge in [0, 0.05) is 17.4 Å². The third-order valence-electron chi connectivity index (χ3n) is 3.23. The van der Waals surface area contributed by atoms with Crippen LogP contribution in [0.4, 0.5) is 0 Å². The number of rotatable bonds is 3. The lowest BCUT2D eigenvalue weighted by molar-refractivity contribution is 0.170. The molecule has 1 heterocycles. The Morgan fingerprint density at radius 1 is 1.37 bits per heavy atom. The first-order chi connectivity index (χ1) is 9.22. The summed E-state index contributed by atoms with van der Waals surface area (Å²) in [5, 5.41) is 16.7. The SMILES string of the molecule is CC/C(C)=C(\C=N)c1ccc(C#N)c2c1OCCO2. The van der Waals surface area contributed by atoms with Gasteiger partial charge in [0.1, 0.15) is 19.3 Å². The third kappa shape index (κ3) is 2.32. The van der Waals surface area contributed by atoms with Gasteiger partial charge in [0.2, 0.25) is 0 Å². The maximum absolute atomic E-state index is 9.09. The van der Waals surface area contributed by atoms with Crippen molar-refractivity contribution in [2.75, 3.05) is 13.2 Å². The molecule has 0 fully saturated rings. The highest BCUT2D eigenvalue weighted by Gasteiger charge is 2.22. The Kier molecular flexibility index (Phi) is 3.86. The van der Waals surface area contributed by atoms with Crippen LogP contribution in [-0.4, -0.2) is 19.4 Å². The van der Waals surface area contributed by atoms with Crippen LogP contribution in [0.3, 0.4) is 0 Å². The van der Waals surface area contributed by atoms with Gasteiger partial charge in [0.25, 0.3) is 0 Å². The van der Waals surface area contributed by atoms with E-state index in [0.29, 0.717) is 30.3 Å². The molecule has 1 aliphatic rings. The fourth-order valence-electron chi connectivity index (χ4n) is 2.06. The molecule has 19 heavy (non-hydrogen) atoms. The van der Waals surface area contributed by atoms with E-state index >= 15 is 0 Å². The Morgan fingerprint density at radius 2 is 2.05 bits per heavy atom. The molecule has 0 saturated carbocycles. The molecule has 1 aromatic carbocycles. The zero-order valence-electron chi connectivity index (χ0n) is 11.1. The third-order valence-corrected chi connectivity index (χ3v) is 3.23. The molecule has 1 aromatic rings. The topological polar surface area (TPSA) is 66.1 Å². The van der Waals surface area contributed by atoms with Crippen LogP contribution >= 0.6 is 0 Å². The van der Waals surface area contributed by atoms with Crippen molar-refractivity contribution in [3.05, 3.63) is 28.8 Å². The molecular formula is C15H16N2O2. The minimum atomic E-state index is 0.446. The monoisotopic (exact) mass is 256 g/mol. The van der Waals surface area contributed by atoms with Gasteiger partial charge in [-0.3, -0.25) is 0 Å². The number of hydrogen-bond donors (Lipinski definition) is 1. The van der Waals surface area contributed by atoms with Crippen LogP contribution in [0.2, 0.25) is 0 Å². The zero-order valence-corrected chi connectivity index (χ0v) is 11.1. The van der Waals surface area contributed by atoms with Crippen molar-refractivity contribution in [1.29, 1.82) is 10.7 Å². The Bertz CT molecular complexity index is 583. The van der Waals surface area contributed by atoms with E-state index in [9.17, 15) is 0 Å². The molecule has 0 amide bonds. The molecule has 0 aromatic heterocycles. The van der Waals surface area contributed by atoms with Crippen LogP contribution in [0.1, 0.15) is 31.4 Å². The summed E-state index contributed by atoms with van der Waals surface area (Å²) in [6.07, 6.45) is 2.19. The minimum absolute atomic E-state index is 0.446. The molecule has 0 atom stereocenters. The molecule has 0 spiro atoms. The van der Waals surface area contributed by atoms with Crippen molar-refractivity contribution in [1.82, 2.24) is 0 Å². The van der Waals surface area contributed by atoms with Crippen LogP contribution in [-0.2, 0) is 0 Å². The first-order valence-electron chi connectivity index (χ1n) is 6.26. The molecule has 2 rings (SSSR count). The number of ether oxygens (including phenoxy) is 2. The highest BCUT2D eigenvalue weighted by atomic mass is 16.6. The lowest BCUT2D eigenvalue weighted by atomic mass is 9.97. The van der Waals surface area contributed by atoms with Gasteiger partial charge in [0.05, 0.1) is 5.56 Å². The van der Waals surface area contributed by atoms with Gasteiger partial charge < -0.3 is 14.9 Å². The van der Waals surface area contributed by atoms with Crippen LogP contribution in [0, 0.1) is 16.7 Å². The Hall–Kier alpha value is -2.28. The predicted molar refractivity (Wildman–Crippen MR) is 73.8 cm³/mol. The maximum Gasteiger partial charge on any atom is 0.179 e. The van der Waals surface area contributed by atoms with E-state index in [-0.39, 0.29) is 0 Å². The van der Waals surface area contributed by atoms with Gasteiger partial charge in [-0.1, -0.05) is 12.5 Å². The summed E-state index contributed by atoms with van der Waals surface area (Å²) in [6.45, 7) is 4.95. The number of nitrogens with one attached hydrogen (secondary N) is 1. The summed E-state index contributed by atoms with van der Waals surface area (Å²) in [6, 6.07) is 5.65. The minimum Gasteiger partial charge on any atom is -0.485 e. The van der Waals surface area contributed by atoms with Crippen molar-refractivity contribution in [3.8, 4) is 17.6 Å². The van der Waals surface area contributed by atoms with E-state index in [1.165, 1.54) is 6.21 Å². The second-order valence-electron chi connectivity index (χ2n) is 4.32. The molecule has 0 radical (unpaired) electrons. The van der Waals surface area contributed by atoms with Gasteiger partial charge in [-0.2, -0.15) is 5.26 Å². The van der Waals surface area contributed by atoms with Crippen LogP contribution in [0.25, 0.3) is 5.57 Å². The number of allylic oxidation sites excluding steroid dienone is 2. The molecule has 0 aliphatic carbocycles. The summed E-state index contributed by atoms with van der Waals surface area (Å²) in [7, 11) is 0. The molecule has 1 aliphatic heterocycles. The van der Waals surface area contributed by atoms with Crippen LogP contribution < -0.4 is 9.47 Å². The molecule has 98 valence electrons. The van der Waals surface area contributed by atoms with E-state index in [2.05, 4.69) is 6.07 Å². The van der Waals surface area contributed by atoms with Crippen molar-refractivity contribution >= 4 is 11.8 Å². The average molecular weight is 256 g/mol. The van der Waals surface area contributed by atoms with Crippen molar-refractivity contribution in [2.24, 2.45) is 0 Å². The quantitative estimate of drug-likeness (QED) is 0.845. The molecule has 1 N–H and O–H groups in total. The Labute approximate surface area is 112 Å². The molecule has 0 unspecified atom stereocenters. The van der Waals surface area contributed by atoms with Gasteiger partial charge in [-0.25, -0.2) is 0 Å². The van der Waals surface area contributed by atoms with Crippen molar-refractivity contribution < 1.29 is 9.47 Å². The average Bonchev–Trinajstić information content (AvgIpc) is 2.47. The van der Waals surface area contributed by atoms with Crippen LogP contribution in [0.5, 0.6) is 11.5 Å². The number of hydrogen-bond acceptors (Lipinski definition) is 4. The van der Waals surface area contributed by atoms with E-state index in [1.54, 1.807) is 6.07 Å². The van der Waals surface area contributed by atoms with E-state index < -0.39 is 0 Å². The fraction of sp³-hybridized carbons (Fsp3) is 0.333. The second-order valence-corrected chi connectivity index (χ2v) is 4.32.